The third kappa shape index (κ3) is 3.20. The SMILES string of the molecule is CCn1cc(NC(=O)N2CC3CC(N(C)c4ncnc5[nH]ccc45)C[C@@H]3C2)cn1. The molecule has 1 saturated carbocycles. The first-order valence-corrected chi connectivity index (χ1v) is 10.2. The van der Waals surface area contributed by atoms with Crippen LogP contribution in [0.25, 0.3) is 11.0 Å². The van der Waals surface area contributed by atoms with Gasteiger partial charge in [-0.05, 0) is 37.7 Å². The van der Waals surface area contributed by atoms with E-state index in [4.69, 9.17) is 0 Å². The molecule has 9 nitrogen and oxygen atoms in total. The number of rotatable bonds is 4. The number of nitrogens with one attached hydrogen (secondary N) is 2. The first-order chi connectivity index (χ1) is 14.1. The average molecular weight is 394 g/mol. The molecule has 152 valence electrons. The summed E-state index contributed by atoms with van der Waals surface area (Å²) in [6.45, 7) is 4.44. The van der Waals surface area contributed by atoms with Gasteiger partial charge in [-0.25, -0.2) is 14.8 Å². The van der Waals surface area contributed by atoms with Gasteiger partial charge < -0.3 is 20.1 Å². The summed E-state index contributed by atoms with van der Waals surface area (Å²) in [6, 6.07) is 2.44. The minimum absolute atomic E-state index is 0.0233. The van der Waals surface area contributed by atoms with Crippen LogP contribution in [0.5, 0.6) is 0 Å². The maximum Gasteiger partial charge on any atom is 0.321 e. The Morgan fingerprint density at radius 2 is 2.10 bits per heavy atom. The summed E-state index contributed by atoms with van der Waals surface area (Å²) in [5.41, 5.74) is 1.63. The number of hydrogen-bond acceptors (Lipinski definition) is 5. The van der Waals surface area contributed by atoms with Crippen LogP contribution in [0.4, 0.5) is 16.3 Å². The van der Waals surface area contributed by atoms with Crippen LogP contribution in [0.2, 0.25) is 0 Å². The van der Waals surface area contributed by atoms with Gasteiger partial charge in [0, 0.05) is 45.1 Å². The van der Waals surface area contributed by atoms with Crippen LogP contribution in [-0.2, 0) is 6.54 Å². The van der Waals surface area contributed by atoms with E-state index in [1.54, 1.807) is 12.5 Å². The molecule has 0 bridgehead atoms. The van der Waals surface area contributed by atoms with Crippen molar-refractivity contribution in [3.05, 3.63) is 31.0 Å². The molecule has 2 N–H and O–H groups in total. The fourth-order valence-corrected chi connectivity index (χ4v) is 4.87. The van der Waals surface area contributed by atoms with Crippen molar-refractivity contribution in [3.8, 4) is 0 Å². The summed E-state index contributed by atoms with van der Waals surface area (Å²) in [5, 5.41) is 8.25. The first kappa shape index (κ1) is 18.0. The molecule has 1 aliphatic heterocycles. The molecule has 5 rings (SSSR count). The van der Waals surface area contributed by atoms with Crippen molar-refractivity contribution in [3.63, 3.8) is 0 Å². The highest BCUT2D eigenvalue weighted by Crippen LogP contribution is 2.41. The highest BCUT2D eigenvalue weighted by Gasteiger charge is 2.44. The molecular weight excluding hydrogens is 368 g/mol. The van der Waals surface area contributed by atoms with Crippen molar-refractivity contribution >= 4 is 28.6 Å². The van der Waals surface area contributed by atoms with E-state index in [-0.39, 0.29) is 6.03 Å². The van der Waals surface area contributed by atoms with Crippen molar-refractivity contribution in [2.24, 2.45) is 11.8 Å². The minimum atomic E-state index is -0.0233. The van der Waals surface area contributed by atoms with Gasteiger partial charge in [-0.1, -0.05) is 0 Å². The molecule has 29 heavy (non-hydrogen) atoms. The van der Waals surface area contributed by atoms with Gasteiger partial charge in [-0.3, -0.25) is 4.68 Å². The number of aromatic amines is 1. The molecule has 3 aromatic heterocycles. The number of aromatic nitrogens is 5. The molecule has 0 aromatic carbocycles. The fraction of sp³-hybridized carbons (Fsp3) is 0.500. The third-order valence-electron chi connectivity index (χ3n) is 6.44. The Hall–Kier alpha value is -3.10. The number of anilines is 2. The molecule has 1 saturated heterocycles. The minimum Gasteiger partial charge on any atom is -0.356 e. The lowest BCUT2D eigenvalue weighted by Crippen LogP contribution is -2.36. The van der Waals surface area contributed by atoms with Gasteiger partial charge >= 0.3 is 6.03 Å². The Balaban J connectivity index is 1.21. The smallest absolute Gasteiger partial charge is 0.321 e. The summed E-state index contributed by atoms with van der Waals surface area (Å²) < 4.78 is 1.81. The second-order valence-corrected chi connectivity index (χ2v) is 8.11. The Morgan fingerprint density at radius 3 is 2.83 bits per heavy atom. The van der Waals surface area contributed by atoms with E-state index < -0.39 is 0 Å². The number of urea groups is 1. The fourth-order valence-electron chi connectivity index (χ4n) is 4.87. The van der Waals surface area contributed by atoms with Gasteiger partial charge in [0.2, 0.25) is 0 Å². The van der Waals surface area contributed by atoms with E-state index in [2.05, 4.69) is 37.3 Å². The number of H-pyrrole nitrogens is 1. The predicted molar refractivity (Wildman–Crippen MR) is 111 cm³/mol. The van der Waals surface area contributed by atoms with E-state index in [9.17, 15) is 4.79 Å². The molecule has 9 heteroatoms. The molecule has 2 unspecified atom stereocenters. The Labute approximate surface area is 169 Å². The number of amides is 2. The Bertz CT molecular complexity index is 1010. The van der Waals surface area contributed by atoms with Crippen LogP contribution in [0.15, 0.2) is 31.0 Å². The van der Waals surface area contributed by atoms with Crippen LogP contribution in [0.1, 0.15) is 19.8 Å². The normalized spacial score (nSPS) is 23.5. The van der Waals surface area contributed by atoms with Crippen LogP contribution in [-0.4, -0.2) is 61.8 Å². The molecule has 3 atom stereocenters. The number of likely N-dealkylation sites (tertiary alicyclic amines) is 1. The zero-order valence-electron chi connectivity index (χ0n) is 16.7. The molecule has 4 heterocycles. The topological polar surface area (TPSA) is 95.0 Å². The summed E-state index contributed by atoms with van der Waals surface area (Å²) in [7, 11) is 2.12. The number of nitrogens with zero attached hydrogens (tertiary/aromatic N) is 6. The number of aryl methyl sites for hydroxylation is 1. The van der Waals surface area contributed by atoms with Gasteiger partial charge in [-0.2, -0.15) is 5.10 Å². The molecule has 2 aliphatic rings. The lowest BCUT2D eigenvalue weighted by atomic mass is 10.0. The molecule has 0 radical (unpaired) electrons. The van der Waals surface area contributed by atoms with Gasteiger partial charge in [0.1, 0.15) is 17.8 Å². The summed E-state index contributed by atoms with van der Waals surface area (Å²) >= 11 is 0. The van der Waals surface area contributed by atoms with Crippen LogP contribution >= 0.6 is 0 Å². The van der Waals surface area contributed by atoms with Crippen molar-refractivity contribution in [1.29, 1.82) is 0 Å². The molecule has 1 aliphatic carbocycles. The van der Waals surface area contributed by atoms with E-state index >= 15 is 0 Å². The van der Waals surface area contributed by atoms with E-state index in [1.165, 1.54) is 0 Å². The number of hydrogen-bond donors (Lipinski definition) is 2. The van der Waals surface area contributed by atoms with Gasteiger partial charge in [0.25, 0.3) is 0 Å². The number of carbonyl (C=O) groups excluding carboxylic acids is 1. The van der Waals surface area contributed by atoms with E-state index in [1.807, 2.05) is 35.0 Å². The number of fused-ring (bicyclic) bond motifs is 2. The van der Waals surface area contributed by atoms with Crippen molar-refractivity contribution < 1.29 is 4.79 Å². The highest BCUT2D eigenvalue weighted by atomic mass is 16.2. The molecule has 2 amide bonds. The highest BCUT2D eigenvalue weighted by molar-refractivity contribution is 5.89. The Morgan fingerprint density at radius 1 is 1.31 bits per heavy atom. The van der Waals surface area contributed by atoms with Crippen LogP contribution in [0.3, 0.4) is 0 Å². The molecule has 0 spiro atoms. The second kappa shape index (κ2) is 7.06. The molecular formula is C20H26N8O. The first-order valence-electron chi connectivity index (χ1n) is 10.2. The average Bonchev–Trinajstić information content (AvgIpc) is 3.48. The lowest BCUT2D eigenvalue weighted by molar-refractivity contribution is 0.218. The van der Waals surface area contributed by atoms with E-state index in [0.717, 1.165) is 55.0 Å². The summed E-state index contributed by atoms with van der Waals surface area (Å²) in [6.07, 6.45) is 9.24. The van der Waals surface area contributed by atoms with Crippen LogP contribution < -0.4 is 10.2 Å². The van der Waals surface area contributed by atoms with Gasteiger partial charge in [0.15, 0.2) is 0 Å². The molecule has 2 fully saturated rings. The summed E-state index contributed by atoms with van der Waals surface area (Å²) in [5.74, 6) is 2.05. The Kier molecular flexibility index (Phi) is 4.37. The van der Waals surface area contributed by atoms with Crippen molar-refractivity contribution in [2.45, 2.75) is 32.4 Å². The zero-order valence-corrected chi connectivity index (χ0v) is 16.7. The van der Waals surface area contributed by atoms with Gasteiger partial charge in [0.05, 0.1) is 17.3 Å². The largest absolute Gasteiger partial charge is 0.356 e. The number of carbonyl (C=O) groups is 1. The maximum absolute atomic E-state index is 12.6. The monoisotopic (exact) mass is 394 g/mol. The summed E-state index contributed by atoms with van der Waals surface area (Å²) in [4.78, 5) is 28.9. The predicted octanol–water partition coefficient (Wildman–Crippen LogP) is 2.55. The third-order valence-corrected chi connectivity index (χ3v) is 6.44. The van der Waals surface area contributed by atoms with E-state index in [0.29, 0.717) is 17.9 Å². The second-order valence-electron chi connectivity index (χ2n) is 8.11. The van der Waals surface area contributed by atoms with Crippen molar-refractivity contribution in [1.82, 2.24) is 29.6 Å². The van der Waals surface area contributed by atoms with Crippen LogP contribution in [0, 0.1) is 11.8 Å². The molecule has 3 aromatic rings. The lowest BCUT2D eigenvalue weighted by Gasteiger charge is -2.28. The standard InChI is InChI=1S/C20H26N8O/c1-3-28-11-15(8-24-28)25-20(29)27-9-13-6-16(7-14(13)10-27)26(2)19-17-4-5-21-18(17)22-12-23-19/h4-5,8,11-14,16H,3,6-7,9-10H2,1-2H3,(H,25,29)(H,21,22,23)/t13-,14?,16?/m1/s1. The quantitative estimate of drug-likeness (QED) is 0.709. The van der Waals surface area contributed by atoms with Gasteiger partial charge in [-0.15, -0.1) is 0 Å². The maximum atomic E-state index is 12.6. The zero-order chi connectivity index (χ0) is 20.0. The van der Waals surface area contributed by atoms with Crippen molar-refractivity contribution in [2.75, 3.05) is 30.4 Å².